The summed E-state index contributed by atoms with van der Waals surface area (Å²) in [6.45, 7) is 1.35. The molecule has 0 saturated carbocycles. The maximum absolute atomic E-state index is 12.7. The van der Waals surface area contributed by atoms with Gasteiger partial charge in [0.25, 0.3) is 5.91 Å². The second-order valence-corrected chi connectivity index (χ2v) is 6.51. The first kappa shape index (κ1) is 18.5. The molecule has 0 saturated heterocycles. The molecule has 0 radical (unpaired) electrons. The fraction of sp³-hybridized carbons (Fsp3) is 0.158. The number of amides is 1. The van der Waals surface area contributed by atoms with Crippen molar-refractivity contribution in [3.63, 3.8) is 0 Å². The number of fused-ring (bicyclic) bond motifs is 1. The van der Waals surface area contributed by atoms with E-state index in [1.165, 1.54) is 0 Å². The summed E-state index contributed by atoms with van der Waals surface area (Å²) in [6, 6.07) is 14.4. The summed E-state index contributed by atoms with van der Waals surface area (Å²) in [5, 5.41) is 7.59. The van der Waals surface area contributed by atoms with Crippen molar-refractivity contribution in [2.24, 2.45) is 5.73 Å². The summed E-state index contributed by atoms with van der Waals surface area (Å²) >= 11 is 12.2. The van der Waals surface area contributed by atoms with Gasteiger partial charge in [-0.1, -0.05) is 41.4 Å². The van der Waals surface area contributed by atoms with Crippen LogP contribution in [0.3, 0.4) is 0 Å². The van der Waals surface area contributed by atoms with Gasteiger partial charge in [0.1, 0.15) is 5.82 Å². The van der Waals surface area contributed by atoms with Gasteiger partial charge in [0.2, 0.25) is 0 Å². The van der Waals surface area contributed by atoms with E-state index in [-0.39, 0.29) is 11.5 Å². The van der Waals surface area contributed by atoms with Crippen molar-refractivity contribution in [2.45, 2.75) is 6.42 Å². The molecule has 26 heavy (non-hydrogen) atoms. The van der Waals surface area contributed by atoms with Gasteiger partial charge in [0.15, 0.2) is 0 Å². The molecule has 0 bridgehead atoms. The zero-order valence-electron chi connectivity index (χ0n) is 13.9. The Kier molecular flexibility index (Phi) is 5.93. The van der Waals surface area contributed by atoms with Crippen molar-refractivity contribution in [1.82, 2.24) is 4.98 Å². The van der Waals surface area contributed by atoms with Crippen LogP contribution < -0.4 is 16.4 Å². The first-order valence-corrected chi connectivity index (χ1v) is 8.95. The number of rotatable bonds is 6. The van der Waals surface area contributed by atoms with E-state index in [0.717, 1.165) is 24.2 Å². The van der Waals surface area contributed by atoms with Crippen LogP contribution >= 0.6 is 23.2 Å². The molecule has 3 aromatic rings. The van der Waals surface area contributed by atoms with Crippen LogP contribution in [0.25, 0.3) is 10.9 Å². The number of hydrogen-bond donors (Lipinski definition) is 3. The van der Waals surface area contributed by atoms with Crippen molar-refractivity contribution in [2.75, 3.05) is 23.7 Å². The van der Waals surface area contributed by atoms with Gasteiger partial charge in [0, 0.05) is 11.9 Å². The molecule has 4 N–H and O–H groups in total. The largest absolute Gasteiger partial charge is 0.370 e. The van der Waals surface area contributed by atoms with Gasteiger partial charge < -0.3 is 16.4 Å². The molecule has 0 spiro atoms. The molecule has 134 valence electrons. The number of pyridine rings is 1. The Morgan fingerprint density at radius 3 is 2.50 bits per heavy atom. The molecule has 0 aliphatic heterocycles. The number of nitrogens with zero attached hydrogens (tertiary/aromatic N) is 1. The number of para-hydroxylation sites is 1. The standard InChI is InChI=1S/C19H18Cl2N4O/c20-13-5-2-6-14(21)17(13)19(26)24-15-7-1-4-12-8-9-16(25-18(12)15)23-11-3-10-22/h1-2,4-9H,3,10-11,22H2,(H,23,25)(H,24,26). The third-order valence-corrected chi connectivity index (χ3v) is 4.48. The average molecular weight is 389 g/mol. The number of carbonyl (C=O) groups is 1. The van der Waals surface area contributed by atoms with Gasteiger partial charge in [-0.3, -0.25) is 4.79 Å². The Morgan fingerprint density at radius 2 is 1.77 bits per heavy atom. The Bertz CT molecular complexity index is 926. The lowest BCUT2D eigenvalue weighted by atomic mass is 10.1. The number of benzene rings is 2. The molecule has 0 unspecified atom stereocenters. The van der Waals surface area contributed by atoms with Crippen molar-refractivity contribution in [3.05, 3.63) is 64.1 Å². The highest BCUT2D eigenvalue weighted by Crippen LogP contribution is 2.28. The fourth-order valence-corrected chi connectivity index (χ4v) is 3.13. The number of nitrogens with one attached hydrogen (secondary N) is 2. The monoisotopic (exact) mass is 388 g/mol. The molecule has 1 heterocycles. The molecular formula is C19H18Cl2N4O. The molecule has 0 atom stereocenters. The second kappa shape index (κ2) is 8.36. The second-order valence-electron chi connectivity index (χ2n) is 5.69. The minimum atomic E-state index is -0.378. The van der Waals surface area contributed by atoms with Crippen LogP contribution in [0.5, 0.6) is 0 Å². The average Bonchev–Trinajstić information content (AvgIpc) is 2.62. The number of nitrogens with two attached hydrogens (primary N) is 1. The van der Waals surface area contributed by atoms with E-state index in [0.29, 0.717) is 27.8 Å². The number of carbonyl (C=O) groups excluding carboxylic acids is 1. The van der Waals surface area contributed by atoms with Crippen LogP contribution in [0.4, 0.5) is 11.5 Å². The number of aromatic nitrogens is 1. The van der Waals surface area contributed by atoms with E-state index >= 15 is 0 Å². The minimum Gasteiger partial charge on any atom is -0.370 e. The lowest BCUT2D eigenvalue weighted by Crippen LogP contribution is -2.14. The smallest absolute Gasteiger partial charge is 0.258 e. The molecule has 2 aromatic carbocycles. The Hall–Kier alpha value is -2.34. The van der Waals surface area contributed by atoms with Gasteiger partial charge >= 0.3 is 0 Å². The molecule has 0 aliphatic carbocycles. The van der Waals surface area contributed by atoms with Crippen molar-refractivity contribution < 1.29 is 4.79 Å². The molecule has 3 rings (SSSR count). The van der Waals surface area contributed by atoms with Gasteiger partial charge in [-0.15, -0.1) is 0 Å². The van der Waals surface area contributed by atoms with E-state index < -0.39 is 0 Å². The molecule has 0 aliphatic rings. The summed E-state index contributed by atoms with van der Waals surface area (Å²) in [7, 11) is 0. The highest BCUT2D eigenvalue weighted by atomic mass is 35.5. The summed E-state index contributed by atoms with van der Waals surface area (Å²) < 4.78 is 0. The van der Waals surface area contributed by atoms with Crippen molar-refractivity contribution >= 4 is 51.5 Å². The molecule has 5 nitrogen and oxygen atoms in total. The summed E-state index contributed by atoms with van der Waals surface area (Å²) in [6.07, 6.45) is 0.850. The first-order valence-electron chi connectivity index (χ1n) is 8.19. The number of anilines is 2. The molecule has 0 fully saturated rings. The Labute approximate surface area is 161 Å². The van der Waals surface area contributed by atoms with Gasteiger partial charge in [-0.05, 0) is 43.3 Å². The molecule has 7 heteroatoms. The molecule has 1 amide bonds. The van der Waals surface area contributed by atoms with E-state index in [1.54, 1.807) is 24.3 Å². The summed E-state index contributed by atoms with van der Waals surface area (Å²) in [4.78, 5) is 17.3. The lowest BCUT2D eigenvalue weighted by Gasteiger charge is -2.12. The zero-order valence-corrected chi connectivity index (χ0v) is 15.4. The predicted octanol–water partition coefficient (Wildman–Crippen LogP) is 4.55. The van der Waals surface area contributed by atoms with Crippen LogP contribution in [0.2, 0.25) is 10.0 Å². The minimum absolute atomic E-state index is 0.241. The maximum atomic E-state index is 12.7. The molecular weight excluding hydrogens is 371 g/mol. The lowest BCUT2D eigenvalue weighted by molar-refractivity contribution is 0.102. The third kappa shape index (κ3) is 4.07. The Balaban J connectivity index is 1.91. The SMILES string of the molecule is NCCCNc1ccc2cccc(NC(=O)c3c(Cl)cccc3Cl)c2n1. The topological polar surface area (TPSA) is 80.0 Å². The highest BCUT2D eigenvalue weighted by molar-refractivity contribution is 6.40. The van der Waals surface area contributed by atoms with Crippen LogP contribution in [0.1, 0.15) is 16.8 Å². The quantitative estimate of drug-likeness (QED) is 0.540. The van der Waals surface area contributed by atoms with Gasteiger partial charge in [-0.2, -0.15) is 0 Å². The van der Waals surface area contributed by atoms with E-state index in [4.69, 9.17) is 28.9 Å². The van der Waals surface area contributed by atoms with Crippen molar-refractivity contribution in [1.29, 1.82) is 0 Å². The van der Waals surface area contributed by atoms with Gasteiger partial charge in [0.05, 0.1) is 26.8 Å². The Morgan fingerprint density at radius 1 is 1.04 bits per heavy atom. The zero-order chi connectivity index (χ0) is 18.5. The van der Waals surface area contributed by atoms with Crippen LogP contribution in [0.15, 0.2) is 48.5 Å². The predicted molar refractivity (Wildman–Crippen MR) is 108 cm³/mol. The fourth-order valence-electron chi connectivity index (χ4n) is 2.56. The summed E-state index contributed by atoms with van der Waals surface area (Å²) in [5.41, 5.74) is 7.02. The normalized spacial score (nSPS) is 10.7. The number of halogens is 2. The van der Waals surface area contributed by atoms with E-state index in [1.807, 2.05) is 24.3 Å². The third-order valence-electron chi connectivity index (χ3n) is 3.85. The van der Waals surface area contributed by atoms with E-state index in [9.17, 15) is 4.79 Å². The highest BCUT2D eigenvalue weighted by Gasteiger charge is 2.16. The number of hydrogen-bond acceptors (Lipinski definition) is 4. The van der Waals surface area contributed by atoms with Gasteiger partial charge in [-0.25, -0.2) is 4.98 Å². The van der Waals surface area contributed by atoms with Crippen LogP contribution in [-0.2, 0) is 0 Å². The van der Waals surface area contributed by atoms with Crippen molar-refractivity contribution in [3.8, 4) is 0 Å². The van der Waals surface area contributed by atoms with E-state index in [2.05, 4.69) is 15.6 Å². The first-order chi connectivity index (χ1) is 12.6. The summed E-state index contributed by atoms with van der Waals surface area (Å²) in [5.74, 6) is 0.347. The maximum Gasteiger partial charge on any atom is 0.258 e. The molecule has 1 aromatic heterocycles. The van der Waals surface area contributed by atoms with Crippen LogP contribution in [0, 0.1) is 0 Å². The van der Waals surface area contributed by atoms with Crippen LogP contribution in [-0.4, -0.2) is 24.0 Å².